The number of pyridine rings is 2. The molecule has 5 aromatic rings. The van der Waals surface area contributed by atoms with Crippen LogP contribution >= 0.6 is 11.6 Å². The van der Waals surface area contributed by atoms with Crippen LogP contribution in [0.3, 0.4) is 0 Å². The summed E-state index contributed by atoms with van der Waals surface area (Å²) in [6.45, 7) is 0. The second kappa shape index (κ2) is 6.24. The molecule has 5 rings (SSSR count). The van der Waals surface area contributed by atoms with E-state index in [9.17, 15) is 9.18 Å². The topological polar surface area (TPSA) is 75.9 Å². The van der Waals surface area contributed by atoms with E-state index in [1.54, 1.807) is 35.0 Å². The smallest absolute Gasteiger partial charge is 0.209 e. The van der Waals surface area contributed by atoms with Crippen LogP contribution in [0, 0.1) is 5.82 Å². The van der Waals surface area contributed by atoms with Crippen molar-refractivity contribution in [1.29, 1.82) is 0 Å². The summed E-state index contributed by atoms with van der Waals surface area (Å²) >= 11 is 6.37. The van der Waals surface area contributed by atoms with Crippen LogP contribution in [-0.4, -0.2) is 24.3 Å². The van der Waals surface area contributed by atoms with Gasteiger partial charge in [-0.25, -0.2) is 19.3 Å². The van der Waals surface area contributed by atoms with Gasteiger partial charge in [-0.15, -0.1) is 0 Å². The Labute approximate surface area is 162 Å². The van der Waals surface area contributed by atoms with Crippen molar-refractivity contribution in [2.45, 2.75) is 0 Å². The molecule has 0 unspecified atom stereocenters. The fraction of sp³-hybridized carbons (Fsp3) is 0. The maximum absolute atomic E-state index is 13.4. The number of H-pyrrole nitrogens is 1. The second-order valence-corrected chi connectivity index (χ2v) is 6.61. The molecule has 136 valence electrons. The number of imidazole rings is 1. The lowest BCUT2D eigenvalue weighted by molar-refractivity contribution is 0.628. The average molecular weight is 392 g/mol. The first-order chi connectivity index (χ1) is 13.6. The Balaban J connectivity index is 1.86. The summed E-state index contributed by atoms with van der Waals surface area (Å²) in [5.41, 5.74) is 3.22. The fourth-order valence-electron chi connectivity index (χ4n) is 3.11. The third-order valence-electron chi connectivity index (χ3n) is 4.42. The van der Waals surface area contributed by atoms with Gasteiger partial charge in [0.2, 0.25) is 5.43 Å². The monoisotopic (exact) mass is 391 g/mol. The van der Waals surface area contributed by atoms with Gasteiger partial charge in [0.05, 0.1) is 16.4 Å². The summed E-state index contributed by atoms with van der Waals surface area (Å²) in [7, 11) is 0. The highest BCUT2D eigenvalue weighted by molar-refractivity contribution is 6.33. The average Bonchev–Trinajstić information content (AvgIpc) is 3.17. The Morgan fingerprint density at radius 1 is 1.04 bits per heavy atom. The van der Waals surface area contributed by atoms with E-state index >= 15 is 0 Å². The number of fused-ring (bicyclic) bond motifs is 2. The van der Waals surface area contributed by atoms with Crippen LogP contribution in [0.25, 0.3) is 39.3 Å². The van der Waals surface area contributed by atoms with Crippen LogP contribution in [0.5, 0.6) is 0 Å². The number of rotatable bonds is 2. The third kappa shape index (κ3) is 2.64. The van der Waals surface area contributed by atoms with Gasteiger partial charge >= 0.3 is 0 Å². The van der Waals surface area contributed by atoms with Crippen molar-refractivity contribution in [3.8, 4) is 22.5 Å². The van der Waals surface area contributed by atoms with E-state index in [1.165, 1.54) is 24.4 Å². The molecule has 6 nitrogen and oxygen atoms in total. The summed E-state index contributed by atoms with van der Waals surface area (Å²) < 4.78 is 15.2. The third-order valence-corrected chi connectivity index (χ3v) is 4.70. The number of halogens is 2. The van der Waals surface area contributed by atoms with E-state index in [0.29, 0.717) is 38.8 Å². The first-order valence-electron chi connectivity index (χ1n) is 8.38. The molecule has 0 bridgehead atoms. The first-order valence-corrected chi connectivity index (χ1v) is 8.76. The first kappa shape index (κ1) is 16.6. The summed E-state index contributed by atoms with van der Waals surface area (Å²) in [4.78, 5) is 28.6. The molecule has 0 atom stereocenters. The molecule has 1 aromatic carbocycles. The summed E-state index contributed by atoms with van der Waals surface area (Å²) in [5, 5.41) is 0.441. The number of aromatic amines is 1. The van der Waals surface area contributed by atoms with Gasteiger partial charge in [-0.3, -0.25) is 4.79 Å². The Morgan fingerprint density at radius 2 is 1.82 bits per heavy atom. The van der Waals surface area contributed by atoms with Gasteiger partial charge in [0, 0.05) is 42.0 Å². The zero-order valence-corrected chi connectivity index (χ0v) is 15.0. The molecule has 0 aliphatic heterocycles. The standard InChI is InChI=1S/C20H11ClFN5O/c21-14-9-12(10-27-8-7-24-20(14)27)17-16(11-1-3-13(22)4-2-11)26-19-18(25-17)15(28)5-6-23-19/h1-10H,(H,23,26,28). The van der Waals surface area contributed by atoms with Crippen LogP contribution in [0.1, 0.15) is 0 Å². The molecule has 0 aliphatic rings. The lowest BCUT2D eigenvalue weighted by Gasteiger charge is -2.11. The van der Waals surface area contributed by atoms with Crippen LogP contribution in [0.2, 0.25) is 5.02 Å². The lowest BCUT2D eigenvalue weighted by Crippen LogP contribution is -2.07. The Bertz CT molecular complexity index is 1410. The van der Waals surface area contributed by atoms with Crippen molar-refractivity contribution in [3.05, 3.63) is 82.2 Å². The Kier molecular flexibility index (Phi) is 3.70. The van der Waals surface area contributed by atoms with Crippen molar-refractivity contribution in [2.24, 2.45) is 0 Å². The minimum absolute atomic E-state index is 0.213. The van der Waals surface area contributed by atoms with E-state index in [2.05, 4.69) is 19.9 Å². The molecule has 4 heterocycles. The van der Waals surface area contributed by atoms with Crippen LogP contribution in [-0.2, 0) is 0 Å². The molecule has 28 heavy (non-hydrogen) atoms. The predicted molar refractivity (Wildman–Crippen MR) is 105 cm³/mol. The van der Waals surface area contributed by atoms with Crippen molar-refractivity contribution in [3.63, 3.8) is 0 Å². The normalized spacial score (nSPS) is 11.4. The van der Waals surface area contributed by atoms with Crippen molar-refractivity contribution in [2.75, 3.05) is 0 Å². The molecule has 0 radical (unpaired) electrons. The minimum Gasteiger partial charge on any atom is -0.345 e. The Morgan fingerprint density at radius 3 is 2.64 bits per heavy atom. The number of nitrogens with zero attached hydrogens (tertiary/aromatic N) is 4. The van der Waals surface area contributed by atoms with Gasteiger partial charge in [0.25, 0.3) is 0 Å². The summed E-state index contributed by atoms with van der Waals surface area (Å²) in [5.74, 6) is -0.352. The number of hydrogen-bond acceptors (Lipinski definition) is 4. The van der Waals surface area contributed by atoms with E-state index in [-0.39, 0.29) is 16.8 Å². The molecular formula is C20H11ClFN5O. The highest BCUT2D eigenvalue weighted by Crippen LogP contribution is 2.32. The summed E-state index contributed by atoms with van der Waals surface area (Å²) in [6, 6.07) is 9.06. The maximum atomic E-state index is 13.4. The van der Waals surface area contributed by atoms with Gasteiger partial charge < -0.3 is 9.38 Å². The van der Waals surface area contributed by atoms with Gasteiger partial charge in [-0.2, -0.15) is 0 Å². The molecule has 1 N–H and O–H groups in total. The zero-order valence-electron chi connectivity index (χ0n) is 14.2. The Hall–Kier alpha value is -3.58. The van der Waals surface area contributed by atoms with Crippen LogP contribution in [0.15, 0.2) is 66.0 Å². The number of benzene rings is 1. The summed E-state index contributed by atoms with van der Waals surface area (Å²) in [6.07, 6.45) is 6.74. The SMILES string of the molecule is O=c1cc[nH]c2nc(-c3ccc(F)cc3)c(-c3cc(Cl)c4nccn4c3)nc12. The number of nitrogens with one attached hydrogen (secondary N) is 1. The maximum Gasteiger partial charge on any atom is 0.209 e. The van der Waals surface area contributed by atoms with Gasteiger partial charge in [-0.05, 0) is 30.3 Å². The minimum atomic E-state index is -0.352. The molecule has 0 fully saturated rings. The van der Waals surface area contributed by atoms with E-state index < -0.39 is 0 Å². The van der Waals surface area contributed by atoms with Gasteiger partial charge in [0.15, 0.2) is 16.8 Å². The molecule has 0 saturated heterocycles. The van der Waals surface area contributed by atoms with E-state index in [0.717, 1.165) is 0 Å². The highest BCUT2D eigenvalue weighted by Gasteiger charge is 2.17. The zero-order chi connectivity index (χ0) is 19.3. The van der Waals surface area contributed by atoms with Crippen molar-refractivity contribution >= 4 is 28.4 Å². The lowest BCUT2D eigenvalue weighted by atomic mass is 10.0. The predicted octanol–water partition coefficient (Wildman–Crippen LogP) is 4.09. The van der Waals surface area contributed by atoms with E-state index in [1.807, 2.05) is 6.20 Å². The largest absolute Gasteiger partial charge is 0.345 e. The molecular weight excluding hydrogens is 381 g/mol. The van der Waals surface area contributed by atoms with Gasteiger partial charge in [-0.1, -0.05) is 11.6 Å². The molecule has 0 aliphatic carbocycles. The van der Waals surface area contributed by atoms with Crippen LogP contribution < -0.4 is 5.43 Å². The highest BCUT2D eigenvalue weighted by atomic mass is 35.5. The second-order valence-electron chi connectivity index (χ2n) is 6.20. The molecule has 0 amide bonds. The number of aromatic nitrogens is 5. The quantitative estimate of drug-likeness (QED) is 0.491. The van der Waals surface area contributed by atoms with Crippen molar-refractivity contribution < 1.29 is 4.39 Å². The van der Waals surface area contributed by atoms with Crippen LogP contribution in [0.4, 0.5) is 4.39 Å². The van der Waals surface area contributed by atoms with Crippen molar-refractivity contribution in [1.82, 2.24) is 24.3 Å². The number of hydrogen-bond donors (Lipinski definition) is 1. The molecule has 8 heteroatoms. The van der Waals surface area contributed by atoms with E-state index in [4.69, 9.17) is 11.6 Å². The molecule has 0 saturated carbocycles. The fourth-order valence-corrected chi connectivity index (χ4v) is 3.38. The van der Waals surface area contributed by atoms with Gasteiger partial charge in [0.1, 0.15) is 5.82 Å². The molecule has 4 aromatic heterocycles. The molecule has 0 spiro atoms.